The minimum atomic E-state index is 0.0914. The van der Waals surface area contributed by atoms with Crippen LogP contribution in [0.1, 0.15) is 43.1 Å². The van der Waals surface area contributed by atoms with Crippen LogP contribution in [0.25, 0.3) is 0 Å². The van der Waals surface area contributed by atoms with Gasteiger partial charge in [-0.25, -0.2) is 0 Å². The number of rotatable bonds is 7. The summed E-state index contributed by atoms with van der Waals surface area (Å²) in [7, 11) is 0. The summed E-state index contributed by atoms with van der Waals surface area (Å²) < 4.78 is 11.0. The maximum absolute atomic E-state index is 5.89. The number of aryl methyl sites for hydroxylation is 2. The highest BCUT2D eigenvalue weighted by atomic mass is 16.5. The second-order valence-corrected chi connectivity index (χ2v) is 5.44. The quantitative estimate of drug-likeness (QED) is 0.848. The third-order valence-electron chi connectivity index (χ3n) is 3.09. The second kappa shape index (κ2) is 7.22. The average molecular weight is 289 g/mol. The van der Waals surface area contributed by atoms with Crippen LogP contribution >= 0.6 is 0 Å². The molecule has 0 aliphatic rings. The third-order valence-corrected chi connectivity index (χ3v) is 3.09. The molecule has 2 rings (SSSR count). The van der Waals surface area contributed by atoms with Crippen molar-refractivity contribution in [3.05, 3.63) is 41.0 Å². The van der Waals surface area contributed by atoms with Crippen molar-refractivity contribution >= 4 is 0 Å². The van der Waals surface area contributed by atoms with Gasteiger partial charge in [0.2, 0.25) is 0 Å². The Labute approximate surface area is 125 Å². The van der Waals surface area contributed by atoms with E-state index < -0.39 is 0 Å². The molecular weight excluding hydrogens is 266 g/mol. The molecule has 0 amide bonds. The number of hydrogen-bond donors (Lipinski definition) is 1. The summed E-state index contributed by atoms with van der Waals surface area (Å²) in [5.41, 5.74) is 8.20. The number of nitrogens with two attached hydrogens (primary N) is 1. The topological polar surface area (TPSA) is 74.2 Å². The third kappa shape index (κ3) is 4.56. The summed E-state index contributed by atoms with van der Waals surface area (Å²) >= 11 is 0. The van der Waals surface area contributed by atoms with E-state index in [1.54, 1.807) is 0 Å². The Bertz CT molecular complexity index is 579. The predicted octanol–water partition coefficient (Wildman–Crippen LogP) is 2.80. The molecule has 5 nitrogen and oxygen atoms in total. The van der Waals surface area contributed by atoms with Gasteiger partial charge in [-0.3, -0.25) is 0 Å². The Kier molecular flexibility index (Phi) is 5.33. The van der Waals surface area contributed by atoms with E-state index in [4.69, 9.17) is 15.0 Å². The number of aromatic nitrogens is 2. The molecule has 1 aromatic heterocycles. The van der Waals surface area contributed by atoms with Gasteiger partial charge < -0.3 is 15.0 Å². The zero-order chi connectivity index (χ0) is 15.2. The standard InChI is InChI=1S/C16H23N3O2/c1-4-5-15-18-16(21-19-15)10-20-14-7-6-11(2)8-13(14)9-12(3)17/h6-8,12H,4-5,9-10,17H2,1-3H3. The zero-order valence-corrected chi connectivity index (χ0v) is 12.9. The molecule has 0 radical (unpaired) electrons. The maximum Gasteiger partial charge on any atom is 0.264 e. The van der Waals surface area contributed by atoms with E-state index in [9.17, 15) is 0 Å². The second-order valence-electron chi connectivity index (χ2n) is 5.44. The molecule has 21 heavy (non-hydrogen) atoms. The highest BCUT2D eigenvalue weighted by Crippen LogP contribution is 2.22. The lowest BCUT2D eigenvalue weighted by molar-refractivity contribution is 0.240. The summed E-state index contributed by atoms with van der Waals surface area (Å²) in [6.45, 7) is 6.41. The maximum atomic E-state index is 5.89. The molecule has 0 aliphatic heterocycles. The molecule has 1 heterocycles. The summed E-state index contributed by atoms with van der Waals surface area (Å²) in [6.07, 6.45) is 2.60. The number of hydrogen-bond acceptors (Lipinski definition) is 5. The van der Waals surface area contributed by atoms with Gasteiger partial charge in [-0.05, 0) is 38.3 Å². The monoisotopic (exact) mass is 289 g/mol. The van der Waals surface area contributed by atoms with Gasteiger partial charge in [0, 0.05) is 12.5 Å². The van der Waals surface area contributed by atoms with E-state index in [-0.39, 0.29) is 12.6 Å². The van der Waals surface area contributed by atoms with Crippen molar-refractivity contribution in [3.63, 3.8) is 0 Å². The van der Waals surface area contributed by atoms with Crippen molar-refractivity contribution in [1.29, 1.82) is 0 Å². The lowest BCUT2D eigenvalue weighted by Gasteiger charge is -2.12. The minimum absolute atomic E-state index is 0.0914. The summed E-state index contributed by atoms with van der Waals surface area (Å²) in [4.78, 5) is 4.30. The van der Waals surface area contributed by atoms with E-state index in [1.807, 2.05) is 19.1 Å². The highest BCUT2D eigenvalue weighted by Gasteiger charge is 2.10. The van der Waals surface area contributed by atoms with Gasteiger partial charge in [-0.2, -0.15) is 4.98 Å². The first-order valence-corrected chi connectivity index (χ1v) is 7.38. The van der Waals surface area contributed by atoms with Crippen LogP contribution in [0.3, 0.4) is 0 Å². The molecule has 0 bridgehead atoms. The van der Waals surface area contributed by atoms with Crippen molar-refractivity contribution < 1.29 is 9.26 Å². The molecule has 0 aliphatic carbocycles. The van der Waals surface area contributed by atoms with Gasteiger partial charge in [0.25, 0.3) is 5.89 Å². The molecule has 0 saturated carbocycles. The van der Waals surface area contributed by atoms with Gasteiger partial charge in [0.05, 0.1) is 0 Å². The summed E-state index contributed by atoms with van der Waals surface area (Å²) in [6, 6.07) is 6.19. The largest absolute Gasteiger partial charge is 0.483 e. The number of ether oxygens (including phenoxy) is 1. The molecule has 1 aromatic carbocycles. The van der Waals surface area contributed by atoms with E-state index in [0.29, 0.717) is 5.89 Å². The Hall–Kier alpha value is -1.88. The van der Waals surface area contributed by atoms with Crippen LogP contribution in [0.2, 0.25) is 0 Å². The van der Waals surface area contributed by atoms with E-state index in [2.05, 4.69) is 30.1 Å². The fraction of sp³-hybridized carbons (Fsp3) is 0.500. The molecule has 0 spiro atoms. The SMILES string of the molecule is CCCc1noc(COc2ccc(C)cc2CC(C)N)n1. The molecule has 2 aromatic rings. The van der Waals surface area contributed by atoms with Crippen molar-refractivity contribution in [2.75, 3.05) is 0 Å². The Morgan fingerprint density at radius 1 is 1.38 bits per heavy atom. The highest BCUT2D eigenvalue weighted by molar-refractivity contribution is 5.37. The van der Waals surface area contributed by atoms with Crippen LogP contribution in [0.15, 0.2) is 22.7 Å². The fourth-order valence-corrected chi connectivity index (χ4v) is 2.17. The van der Waals surface area contributed by atoms with Crippen molar-refractivity contribution in [1.82, 2.24) is 10.1 Å². The first-order chi connectivity index (χ1) is 10.1. The Morgan fingerprint density at radius 3 is 2.90 bits per heavy atom. The lowest BCUT2D eigenvalue weighted by Crippen LogP contribution is -2.18. The predicted molar refractivity (Wildman–Crippen MR) is 81.2 cm³/mol. The fourth-order valence-electron chi connectivity index (χ4n) is 2.17. The lowest BCUT2D eigenvalue weighted by atomic mass is 10.0. The van der Waals surface area contributed by atoms with Crippen LogP contribution < -0.4 is 10.5 Å². The normalized spacial score (nSPS) is 12.4. The first kappa shape index (κ1) is 15.5. The van der Waals surface area contributed by atoms with Crippen LogP contribution in [0, 0.1) is 6.92 Å². The van der Waals surface area contributed by atoms with Crippen LogP contribution in [0.4, 0.5) is 0 Å². The molecule has 2 N–H and O–H groups in total. The van der Waals surface area contributed by atoms with Crippen LogP contribution in [0.5, 0.6) is 5.75 Å². The Morgan fingerprint density at radius 2 is 2.19 bits per heavy atom. The van der Waals surface area contributed by atoms with Crippen molar-refractivity contribution in [2.24, 2.45) is 5.73 Å². The van der Waals surface area contributed by atoms with Crippen molar-refractivity contribution in [3.8, 4) is 5.75 Å². The van der Waals surface area contributed by atoms with Crippen molar-refractivity contribution in [2.45, 2.75) is 52.7 Å². The molecule has 1 unspecified atom stereocenters. The molecule has 0 fully saturated rings. The Balaban J connectivity index is 2.04. The first-order valence-electron chi connectivity index (χ1n) is 7.38. The zero-order valence-electron chi connectivity index (χ0n) is 12.9. The summed E-state index contributed by atoms with van der Waals surface area (Å²) in [5.74, 6) is 2.06. The van der Waals surface area contributed by atoms with Gasteiger partial charge in [-0.1, -0.05) is 29.8 Å². The van der Waals surface area contributed by atoms with Gasteiger partial charge in [-0.15, -0.1) is 0 Å². The average Bonchev–Trinajstić information content (AvgIpc) is 2.85. The van der Waals surface area contributed by atoms with Gasteiger partial charge >= 0.3 is 0 Å². The summed E-state index contributed by atoms with van der Waals surface area (Å²) in [5, 5.41) is 3.92. The number of nitrogens with zero attached hydrogens (tertiary/aromatic N) is 2. The van der Waals surface area contributed by atoms with Gasteiger partial charge in [0.15, 0.2) is 12.4 Å². The number of benzene rings is 1. The molecule has 5 heteroatoms. The molecular formula is C16H23N3O2. The smallest absolute Gasteiger partial charge is 0.264 e. The van der Waals surface area contributed by atoms with Crippen LogP contribution in [-0.4, -0.2) is 16.2 Å². The molecule has 1 atom stereocenters. The van der Waals surface area contributed by atoms with E-state index >= 15 is 0 Å². The molecule has 0 saturated heterocycles. The molecule has 114 valence electrons. The van der Waals surface area contributed by atoms with E-state index in [0.717, 1.165) is 36.4 Å². The minimum Gasteiger partial charge on any atom is -0.483 e. The van der Waals surface area contributed by atoms with Crippen LogP contribution in [-0.2, 0) is 19.4 Å². The van der Waals surface area contributed by atoms with E-state index in [1.165, 1.54) is 5.56 Å². The van der Waals surface area contributed by atoms with Gasteiger partial charge in [0.1, 0.15) is 5.75 Å².